The number of carbonyl (C=O) groups excluding carboxylic acids is 1. The Bertz CT molecular complexity index is 717. The number of piperidine rings is 1. The van der Waals surface area contributed by atoms with Crippen molar-refractivity contribution in [3.63, 3.8) is 0 Å². The Balaban J connectivity index is 1.61. The zero-order chi connectivity index (χ0) is 16.1. The van der Waals surface area contributed by atoms with Crippen LogP contribution in [0, 0.1) is 0 Å². The summed E-state index contributed by atoms with van der Waals surface area (Å²) in [6.45, 7) is 1.15. The van der Waals surface area contributed by atoms with Crippen molar-refractivity contribution in [3.8, 4) is 5.75 Å². The number of rotatable bonds is 4. The highest BCUT2D eigenvalue weighted by molar-refractivity contribution is 5.76. The van der Waals surface area contributed by atoms with E-state index in [1.54, 1.807) is 35.5 Å². The lowest BCUT2D eigenvalue weighted by molar-refractivity contribution is -0.134. The monoisotopic (exact) mass is 314 g/mol. The Morgan fingerprint density at radius 2 is 2.09 bits per heavy atom. The van der Waals surface area contributed by atoms with Crippen LogP contribution in [0.25, 0.3) is 0 Å². The van der Waals surface area contributed by atoms with Crippen LogP contribution in [0.15, 0.2) is 47.7 Å². The largest absolute Gasteiger partial charge is 0.488 e. The van der Waals surface area contributed by atoms with E-state index >= 15 is 0 Å². The lowest BCUT2D eigenvalue weighted by Gasteiger charge is -2.33. The van der Waals surface area contributed by atoms with Gasteiger partial charge in [-0.1, -0.05) is 0 Å². The number of pyridine rings is 1. The molecule has 1 aliphatic rings. The number of hydrogen-bond donors (Lipinski definition) is 0. The molecule has 2 aromatic rings. The van der Waals surface area contributed by atoms with Crippen LogP contribution < -0.4 is 10.3 Å². The summed E-state index contributed by atoms with van der Waals surface area (Å²) in [5, 5.41) is 3.92. The van der Waals surface area contributed by atoms with Gasteiger partial charge in [-0.25, -0.2) is 4.68 Å². The van der Waals surface area contributed by atoms with Crippen molar-refractivity contribution in [2.75, 3.05) is 13.1 Å². The fraction of sp³-hybridized carbons (Fsp3) is 0.375. The topological polar surface area (TPSA) is 77.3 Å². The molecule has 0 radical (unpaired) electrons. The maximum atomic E-state index is 12.4. The van der Waals surface area contributed by atoms with Crippen molar-refractivity contribution in [2.45, 2.75) is 25.5 Å². The van der Waals surface area contributed by atoms with Gasteiger partial charge in [0.2, 0.25) is 5.91 Å². The van der Waals surface area contributed by atoms with Crippen LogP contribution in [0.4, 0.5) is 0 Å². The van der Waals surface area contributed by atoms with Crippen molar-refractivity contribution in [3.05, 3.63) is 53.2 Å². The first-order valence-corrected chi connectivity index (χ1v) is 7.59. The van der Waals surface area contributed by atoms with Gasteiger partial charge in [-0.15, -0.1) is 0 Å². The zero-order valence-corrected chi connectivity index (χ0v) is 12.7. The Morgan fingerprint density at radius 1 is 1.26 bits per heavy atom. The fourth-order valence-corrected chi connectivity index (χ4v) is 2.60. The highest BCUT2D eigenvalue weighted by Crippen LogP contribution is 2.17. The third-order valence-corrected chi connectivity index (χ3v) is 3.75. The minimum atomic E-state index is -0.276. The molecule has 23 heavy (non-hydrogen) atoms. The van der Waals surface area contributed by atoms with Crippen molar-refractivity contribution in [1.82, 2.24) is 19.7 Å². The summed E-state index contributed by atoms with van der Waals surface area (Å²) in [4.78, 5) is 29.7. The Kier molecular flexibility index (Phi) is 4.65. The molecule has 0 spiro atoms. The number of amides is 1. The lowest BCUT2D eigenvalue weighted by atomic mass is 10.1. The molecule has 0 saturated carbocycles. The van der Waals surface area contributed by atoms with E-state index in [4.69, 9.17) is 4.74 Å². The van der Waals surface area contributed by atoms with E-state index in [0.29, 0.717) is 13.1 Å². The maximum Gasteiger partial charge on any atom is 0.267 e. The van der Waals surface area contributed by atoms with Crippen LogP contribution in [0.1, 0.15) is 12.8 Å². The Labute approximate surface area is 133 Å². The highest BCUT2D eigenvalue weighted by Gasteiger charge is 2.25. The van der Waals surface area contributed by atoms with E-state index in [1.807, 2.05) is 0 Å². The van der Waals surface area contributed by atoms with Crippen LogP contribution in [0.5, 0.6) is 5.75 Å². The Morgan fingerprint density at radius 3 is 2.87 bits per heavy atom. The molecule has 1 amide bonds. The molecule has 7 nitrogen and oxygen atoms in total. The lowest BCUT2D eigenvalue weighted by Crippen LogP contribution is -2.46. The van der Waals surface area contributed by atoms with E-state index in [2.05, 4.69) is 10.1 Å². The summed E-state index contributed by atoms with van der Waals surface area (Å²) >= 11 is 0. The summed E-state index contributed by atoms with van der Waals surface area (Å²) in [6, 6.07) is 6.55. The van der Waals surface area contributed by atoms with Gasteiger partial charge in [0.05, 0.1) is 6.54 Å². The molecule has 0 bridgehead atoms. The molecule has 120 valence electrons. The van der Waals surface area contributed by atoms with Gasteiger partial charge in [0, 0.05) is 31.2 Å². The number of aromatic nitrogens is 3. The van der Waals surface area contributed by atoms with Crippen LogP contribution >= 0.6 is 0 Å². The number of nitrogens with zero attached hydrogens (tertiary/aromatic N) is 4. The molecular formula is C16H18N4O3. The van der Waals surface area contributed by atoms with Gasteiger partial charge in [-0.2, -0.15) is 5.10 Å². The molecule has 1 unspecified atom stereocenters. The molecule has 1 atom stereocenters. The van der Waals surface area contributed by atoms with E-state index < -0.39 is 0 Å². The first-order chi connectivity index (χ1) is 11.2. The molecule has 3 heterocycles. The molecular weight excluding hydrogens is 296 g/mol. The van der Waals surface area contributed by atoms with Crippen molar-refractivity contribution in [2.24, 2.45) is 0 Å². The Hall–Kier alpha value is -2.70. The van der Waals surface area contributed by atoms with E-state index in [1.165, 1.54) is 16.9 Å². The molecule has 1 fully saturated rings. The smallest absolute Gasteiger partial charge is 0.267 e. The summed E-state index contributed by atoms with van der Waals surface area (Å²) in [5.74, 6) is 0.633. The predicted octanol–water partition coefficient (Wildman–Crippen LogP) is 0.708. The third kappa shape index (κ3) is 3.94. The SMILES string of the molecule is O=C(Cn1ncccc1=O)N1CCCC(Oc2ccncc2)C1. The first-order valence-electron chi connectivity index (χ1n) is 7.59. The van der Waals surface area contributed by atoms with Crippen LogP contribution in [0.3, 0.4) is 0 Å². The molecule has 0 aliphatic carbocycles. The molecule has 2 aromatic heterocycles. The molecule has 0 aromatic carbocycles. The highest BCUT2D eigenvalue weighted by atomic mass is 16.5. The standard InChI is InChI=1S/C16H18N4O3/c21-15-4-1-7-18-20(15)12-16(22)19-10-2-3-14(11-19)23-13-5-8-17-9-6-13/h1,4-9,14H,2-3,10-12H2. The minimum Gasteiger partial charge on any atom is -0.488 e. The molecule has 1 aliphatic heterocycles. The molecule has 0 N–H and O–H groups in total. The average Bonchev–Trinajstić information content (AvgIpc) is 2.58. The molecule has 7 heteroatoms. The first kappa shape index (κ1) is 15.2. The van der Waals surface area contributed by atoms with E-state index in [9.17, 15) is 9.59 Å². The second kappa shape index (κ2) is 7.04. The quantitative estimate of drug-likeness (QED) is 0.830. The van der Waals surface area contributed by atoms with E-state index in [-0.39, 0.29) is 24.1 Å². The van der Waals surface area contributed by atoms with Crippen molar-refractivity contribution < 1.29 is 9.53 Å². The van der Waals surface area contributed by atoms with Crippen molar-refractivity contribution >= 4 is 5.91 Å². The summed E-state index contributed by atoms with van der Waals surface area (Å²) in [5.41, 5.74) is -0.276. The summed E-state index contributed by atoms with van der Waals surface area (Å²) in [7, 11) is 0. The van der Waals surface area contributed by atoms with Gasteiger partial charge in [0.15, 0.2) is 0 Å². The van der Waals surface area contributed by atoms with Crippen molar-refractivity contribution in [1.29, 1.82) is 0 Å². The second-order valence-electron chi connectivity index (χ2n) is 5.42. The maximum absolute atomic E-state index is 12.4. The summed E-state index contributed by atoms with van der Waals surface area (Å²) < 4.78 is 7.07. The third-order valence-electron chi connectivity index (χ3n) is 3.75. The molecule has 1 saturated heterocycles. The van der Waals surface area contributed by atoms with Gasteiger partial charge in [-0.05, 0) is 31.0 Å². The van der Waals surface area contributed by atoms with Gasteiger partial charge >= 0.3 is 0 Å². The molecule has 3 rings (SSSR count). The predicted molar refractivity (Wildman–Crippen MR) is 83.0 cm³/mol. The van der Waals surface area contributed by atoms with Gasteiger partial charge in [-0.3, -0.25) is 14.6 Å². The zero-order valence-electron chi connectivity index (χ0n) is 12.7. The van der Waals surface area contributed by atoms with E-state index in [0.717, 1.165) is 18.6 Å². The van der Waals surface area contributed by atoms with Gasteiger partial charge in [0.25, 0.3) is 5.56 Å². The number of carbonyl (C=O) groups is 1. The normalized spacial score (nSPS) is 17.7. The fourth-order valence-electron chi connectivity index (χ4n) is 2.60. The van der Waals surface area contributed by atoms with Crippen LogP contribution in [0.2, 0.25) is 0 Å². The number of hydrogen-bond acceptors (Lipinski definition) is 5. The summed E-state index contributed by atoms with van der Waals surface area (Å²) in [6.07, 6.45) is 6.58. The van der Waals surface area contributed by atoms with Gasteiger partial charge in [0.1, 0.15) is 18.4 Å². The number of ether oxygens (including phenoxy) is 1. The van der Waals surface area contributed by atoms with Crippen LogP contribution in [-0.4, -0.2) is 44.8 Å². The van der Waals surface area contributed by atoms with Gasteiger partial charge < -0.3 is 9.64 Å². The second-order valence-corrected chi connectivity index (χ2v) is 5.42. The number of likely N-dealkylation sites (tertiary alicyclic amines) is 1. The average molecular weight is 314 g/mol. The minimum absolute atomic E-state index is 0.0400. The van der Waals surface area contributed by atoms with Crippen LogP contribution in [-0.2, 0) is 11.3 Å².